The van der Waals surface area contributed by atoms with Crippen LogP contribution in [0, 0.1) is 0 Å². The Morgan fingerprint density at radius 3 is 2.19 bits per heavy atom. The molecule has 0 atom stereocenters. The predicted octanol–water partition coefficient (Wildman–Crippen LogP) is 5.23. The number of ether oxygens (including phenoxy) is 5. The van der Waals surface area contributed by atoms with Gasteiger partial charge >= 0.3 is 5.97 Å². The lowest BCUT2D eigenvalue weighted by Gasteiger charge is -2.14. The van der Waals surface area contributed by atoms with Crippen molar-refractivity contribution in [2.24, 2.45) is 4.99 Å². The van der Waals surface area contributed by atoms with Crippen molar-refractivity contribution in [1.29, 1.82) is 0 Å². The number of esters is 1. The number of rotatable bonds is 11. The summed E-state index contributed by atoms with van der Waals surface area (Å²) in [6.07, 6.45) is 4.25. The van der Waals surface area contributed by atoms with Gasteiger partial charge in [-0.1, -0.05) is 36.4 Å². The van der Waals surface area contributed by atoms with Crippen molar-refractivity contribution in [3.05, 3.63) is 102 Å². The van der Waals surface area contributed by atoms with E-state index in [2.05, 4.69) is 11.6 Å². The van der Waals surface area contributed by atoms with Crippen molar-refractivity contribution < 1.29 is 28.5 Å². The highest BCUT2D eigenvalue weighted by Gasteiger charge is 2.24. The molecular formula is C29H27NO6. The Kier molecular flexibility index (Phi) is 8.03. The molecule has 0 saturated carbocycles. The highest BCUT2D eigenvalue weighted by atomic mass is 16.6. The second-order valence-corrected chi connectivity index (χ2v) is 7.79. The summed E-state index contributed by atoms with van der Waals surface area (Å²) in [6.45, 7) is 4.37. The fourth-order valence-electron chi connectivity index (χ4n) is 3.59. The van der Waals surface area contributed by atoms with Gasteiger partial charge in [-0.15, -0.1) is 6.58 Å². The van der Waals surface area contributed by atoms with Gasteiger partial charge in [-0.05, 0) is 60.0 Å². The van der Waals surface area contributed by atoms with Crippen molar-refractivity contribution in [1.82, 2.24) is 0 Å². The Hall–Kier alpha value is -4.52. The van der Waals surface area contributed by atoms with Crippen LogP contribution in [-0.4, -0.2) is 39.3 Å². The summed E-state index contributed by atoms with van der Waals surface area (Å²) in [4.78, 5) is 16.6. The molecular weight excluding hydrogens is 458 g/mol. The van der Waals surface area contributed by atoms with E-state index in [0.29, 0.717) is 36.2 Å². The van der Waals surface area contributed by atoms with E-state index in [9.17, 15) is 4.79 Å². The first-order valence-electron chi connectivity index (χ1n) is 11.4. The molecule has 0 fully saturated rings. The lowest BCUT2D eigenvalue weighted by Crippen LogP contribution is -2.10. The SMILES string of the molecule is C=CCc1ccc(OCCOc2ccc(C=C3N=C(c4ccccc4)OC3=O)cc2OC)c(OC)c1. The van der Waals surface area contributed by atoms with Crippen LogP contribution in [0.2, 0.25) is 0 Å². The summed E-state index contributed by atoms with van der Waals surface area (Å²) < 4.78 is 27.9. The van der Waals surface area contributed by atoms with Crippen LogP contribution in [0.3, 0.4) is 0 Å². The molecule has 1 heterocycles. The van der Waals surface area contributed by atoms with Crippen molar-refractivity contribution in [3.63, 3.8) is 0 Å². The first-order chi connectivity index (χ1) is 17.6. The van der Waals surface area contributed by atoms with Crippen molar-refractivity contribution in [2.75, 3.05) is 27.4 Å². The zero-order valence-electron chi connectivity index (χ0n) is 20.2. The van der Waals surface area contributed by atoms with Gasteiger partial charge < -0.3 is 23.7 Å². The summed E-state index contributed by atoms with van der Waals surface area (Å²) in [5, 5.41) is 0. The number of cyclic esters (lactones) is 1. The number of benzene rings is 3. The largest absolute Gasteiger partial charge is 0.493 e. The lowest BCUT2D eigenvalue weighted by molar-refractivity contribution is -0.129. The highest BCUT2D eigenvalue weighted by molar-refractivity contribution is 6.12. The molecule has 0 N–H and O–H groups in total. The molecule has 4 rings (SSSR count). The van der Waals surface area contributed by atoms with Gasteiger partial charge in [0.2, 0.25) is 5.90 Å². The van der Waals surface area contributed by atoms with Crippen molar-refractivity contribution >= 4 is 17.9 Å². The number of methoxy groups -OCH3 is 2. The molecule has 1 aliphatic rings. The minimum atomic E-state index is -0.502. The van der Waals surface area contributed by atoms with Crippen LogP contribution in [0.5, 0.6) is 23.0 Å². The molecule has 0 radical (unpaired) electrons. The van der Waals surface area contributed by atoms with Crippen LogP contribution >= 0.6 is 0 Å². The predicted molar refractivity (Wildman–Crippen MR) is 138 cm³/mol. The number of aliphatic imine (C=N–C) groups is 1. The fourth-order valence-corrected chi connectivity index (χ4v) is 3.59. The van der Waals surface area contributed by atoms with Crippen LogP contribution in [0.1, 0.15) is 16.7 Å². The molecule has 184 valence electrons. The average molecular weight is 486 g/mol. The van der Waals surface area contributed by atoms with E-state index in [1.54, 1.807) is 32.4 Å². The van der Waals surface area contributed by atoms with E-state index in [-0.39, 0.29) is 11.6 Å². The molecule has 1 aliphatic heterocycles. The minimum Gasteiger partial charge on any atom is -0.493 e. The number of carbonyl (C=O) groups excluding carboxylic acids is 1. The van der Waals surface area contributed by atoms with Crippen molar-refractivity contribution in [2.45, 2.75) is 6.42 Å². The zero-order chi connectivity index (χ0) is 25.3. The minimum absolute atomic E-state index is 0.214. The Bertz CT molecular complexity index is 1300. The molecule has 0 amide bonds. The molecule has 7 nitrogen and oxygen atoms in total. The molecule has 0 spiro atoms. The van der Waals surface area contributed by atoms with E-state index >= 15 is 0 Å². The van der Waals surface area contributed by atoms with Crippen molar-refractivity contribution in [3.8, 4) is 23.0 Å². The van der Waals surface area contributed by atoms with E-state index in [1.165, 1.54) is 0 Å². The quantitative estimate of drug-likeness (QED) is 0.160. The van der Waals surface area contributed by atoms with Gasteiger partial charge in [0.05, 0.1) is 14.2 Å². The molecule has 0 saturated heterocycles. The van der Waals surface area contributed by atoms with Gasteiger partial charge in [0.1, 0.15) is 13.2 Å². The first-order valence-corrected chi connectivity index (χ1v) is 11.4. The summed E-state index contributed by atoms with van der Waals surface area (Å²) in [5.74, 6) is 2.16. The summed E-state index contributed by atoms with van der Waals surface area (Å²) in [6, 6.07) is 20.4. The molecule has 36 heavy (non-hydrogen) atoms. The maximum atomic E-state index is 12.3. The zero-order valence-corrected chi connectivity index (χ0v) is 20.2. The fraction of sp³-hybridized carbons (Fsp3) is 0.172. The highest BCUT2D eigenvalue weighted by Crippen LogP contribution is 2.31. The number of allylic oxidation sites excluding steroid dienone is 1. The molecule has 7 heteroatoms. The molecule has 0 aromatic heterocycles. The number of carbonyl (C=O) groups is 1. The Balaban J connectivity index is 1.39. The van der Waals surface area contributed by atoms with Gasteiger partial charge in [0.25, 0.3) is 0 Å². The molecule has 0 bridgehead atoms. The molecule has 0 aliphatic carbocycles. The van der Waals surface area contributed by atoms with Gasteiger partial charge in [-0.3, -0.25) is 0 Å². The van der Waals surface area contributed by atoms with Crippen LogP contribution in [0.15, 0.2) is 90.1 Å². The summed E-state index contributed by atoms with van der Waals surface area (Å²) in [7, 11) is 3.16. The monoisotopic (exact) mass is 485 g/mol. The second-order valence-electron chi connectivity index (χ2n) is 7.79. The van der Waals surface area contributed by atoms with Gasteiger partial charge in [0.15, 0.2) is 28.7 Å². The second kappa shape index (κ2) is 11.8. The topological polar surface area (TPSA) is 75.6 Å². The summed E-state index contributed by atoms with van der Waals surface area (Å²) in [5.41, 5.74) is 2.78. The maximum Gasteiger partial charge on any atom is 0.363 e. The third kappa shape index (κ3) is 5.93. The normalized spacial score (nSPS) is 13.7. The number of nitrogens with zero attached hydrogens (tertiary/aromatic N) is 1. The van der Waals surface area contributed by atoms with E-state index in [0.717, 1.165) is 23.1 Å². The van der Waals surface area contributed by atoms with Crippen LogP contribution in [0.25, 0.3) is 6.08 Å². The Morgan fingerprint density at radius 1 is 0.861 bits per heavy atom. The third-order valence-corrected chi connectivity index (χ3v) is 5.34. The maximum absolute atomic E-state index is 12.3. The Labute approximate surface area is 210 Å². The van der Waals surface area contributed by atoms with Gasteiger partial charge in [-0.2, -0.15) is 0 Å². The summed E-state index contributed by atoms with van der Waals surface area (Å²) >= 11 is 0. The number of hydrogen-bond donors (Lipinski definition) is 0. The van der Waals surface area contributed by atoms with Crippen LogP contribution in [0.4, 0.5) is 0 Å². The Morgan fingerprint density at radius 2 is 1.53 bits per heavy atom. The van der Waals surface area contributed by atoms with Crippen LogP contribution in [-0.2, 0) is 16.0 Å². The smallest absolute Gasteiger partial charge is 0.363 e. The number of hydrogen-bond acceptors (Lipinski definition) is 7. The van der Waals surface area contributed by atoms with Gasteiger partial charge in [-0.25, -0.2) is 9.79 Å². The van der Waals surface area contributed by atoms with E-state index < -0.39 is 5.97 Å². The average Bonchev–Trinajstić information content (AvgIpc) is 3.28. The van der Waals surface area contributed by atoms with Crippen LogP contribution < -0.4 is 18.9 Å². The van der Waals surface area contributed by atoms with E-state index in [1.807, 2.05) is 60.7 Å². The standard InChI is InChI=1S/C29H27NO6/c1-4-8-20-11-13-24(26(18-20)32-2)34-15-16-35-25-14-12-21(19-27(25)33-3)17-23-29(31)36-28(30-23)22-9-6-5-7-10-22/h4-7,9-14,17-19H,1,8,15-16H2,2-3H3. The lowest BCUT2D eigenvalue weighted by atomic mass is 10.1. The molecule has 0 unspecified atom stereocenters. The third-order valence-electron chi connectivity index (χ3n) is 5.34. The van der Waals surface area contributed by atoms with E-state index in [4.69, 9.17) is 23.7 Å². The van der Waals surface area contributed by atoms with Gasteiger partial charge in [0, 0.05) is 5.56 Å². The molecule has 3 aromatic carbocycles. The first kappa shape index (κ1) is 24.6. The molecule has 3 aromatic rings.